The van der Waals surface area contributed by atoms with Crippen molar-refractivity contribution in [1.82, 2.24) is 9.78 Å². The van der Waals surface area contributed by atoms with Gasteiger partial charge in [-0.05, 0) is 18.2 Å². The van der Waals surface area contributed by atoms with Crippen LogP contribution in [0.4, 0.5) is 0 Å². The quantitative estimate of drug-likeness (QED) is 0.783. The first-order valence-electron chi connectivity index (χ1n) is 5.74. The van der Waals surface area contributed by atoms with Crippen molar-refractivity contribution in [2.75, 3.05) is 13.7 Å². The molecule has 0 N–H and O–H groups in total. The van der Waals surface area contributed by atoms with Crippen molar-refractivity contribution in [3.63, 3.8) is 0 Å². The number of nitrogens with zero attached hydrogens (tertiary/aromatic N) is 2. The summed E-state index contributed by atoms with van der Waals surface area (Å²) in [6.45, 7) is 0.866. The predicted octanol–water partition coefficient (Wildman–Crippen LogP) is 3.72. The smallest absolute Gasteiger partial charge is 0.212 e. The molecular weight excluding hydrogens is 323 g/mol. The lowest BCUT2D eigenvalue weighted by Crippen LogP contribution is -2.14. The molecule has 0 unspecified atom stereocenters. The number of halogens is 3. The number of hydrogen-bond acceptors (Lipinski definition) is 3. The van der Waals surface area contributed by atoms with Crippen LogP contribution in [0.2, 0.25) is 15.1 Å². The second-order valence-corrected chi connectivity index (χ2v) is 5.24. The molecule has 0 saturated carbocycles. The predicted molar refractivity (Wildman–Crippen MR) is 79.0 cm³/mol. The summed E-state index contributed by atoms with van der Waals surface area (Å²) < 4.78 is 6.49. The van der Waals surface area contributed by atoms with Gasteiger partial charge in [-0.3, -0.25) is 9.48 Å². The third-order valence-electron chi connectivity index (χ3n) is 2.70. The molecule has 0 aliphatic heterocycles. The summed E-state index contributed by atoms with van der Waals surface area (Å²) in [5.74, 6) is -0.262. The molecule has 2 rings (SSSR count). The molecule has 20 heavy (non-hydrogen) atoms. The summed E-state index contributed by atoms with van der Waals surface area (Å²) in [7, 11) is 1.57. The van der Waals surface area contributed by atoms with Crippen LogP contribution in [0.5, 0.6) is 0 Å². The number of rotatable bonds is 5. The van der Waals surface area contributed by atoms with E-state index in [0.29, 0.717) is 34.5 Å². The molecule has 4 nitrogen and oxygen atoms in total. The standard InChI is InChI=1S/C13H11Cl3N2O2/c1-20-5-4-18-12(11(16)7-17-18)13(19)8-2-3-9(14)10(15)6-8/h2-3,6-7H,4-5H2,1H3. The van der Waals surface area contributed by atoms with Gasteiger partial charge >= 0.3 is 0 Å². The van der Waals surface area contributed by atoms with E-state index in [1.54, 1.807) is 19.2 Å². The van der Waals surface area contributed by atoms with Gasteiger partial charge in [-0.1, -0.05) is 34.8 Å². The SMILES string of the molecule is COCCn1ncc(Cl)c1C(=O)c1ccc(Cl)c(Cl)c1. The van der Waals surface area contributed by atoms with Crippen molar-refractivity contribution in [2.24, 2.45) is 0 Å². The molecule has 0 aliphatic rings. The number of benzene rings is 1. The van der Waals surface area contributed by atoms with E-state index < -0.39 is 0 Å². The molecule has 0 saturated heterocycles. The largest absolute Gasteiger partial charge is 0.383 e. The van der Waals surface area contributed by atoms with Crippen molar-refractivity contribution in [3.05, 3.63) is 50.7 Å². The normalized spacial score (nSPS) is 10.8. The molecule has 1 heterocycles. The number of aromatic nitrogens is 2. The molecule has 0 amide bonds. The Bertz CT molecular complexity index is 641. The molecular formula is C13H11Cl3N2O2. The minimum absolute atomic E-state index is 0.262. The maximum Gasteiger partial charge on any atom is 0.212 e. The first kappa shape index (κ1) is 15.3. The third-order valence-corrected chi connectivity index (χ3v) is 3.71. The van der Waals surface area contributed by atoms with Crippen molar-refractivity contribution in [2.45, 2.75) is 6.54 Å². The lowest BCUT2D eigenvalue weighted by molar-refractivity contribution is 0.102. The van der Waals surface area contributed by atoms with Crippen LogP contribution in [0.3, 0.4) is 0 Å². The summed E-state index contributed by atoms with van der Waals surface area (Å²) in [6, 6.07) is 4.68. The highest BCUT2D eigenvalue weighted by Gasteiger charge is 2.19. The summed E-state index contributed by atoms with van der Waals surface area (Å²) in [4.78, 5) is 12.5. The van der Waals surface area contributed by atoms with Gasteiger partial charge in [0.1, 0.15) is 5.69 Å². The fourth-order valence-corrected chi connectivity index (χ4v) is 2.23. The fraction of sp³-hybridized carbons (Fsp3) is 0.231. The molecule has 7 heteroatoms. The highest BCUT2D eigenvalue weighted by Crippen LogP contribution is 2.25. The minimum atomic E-state index is -0.262. The Hall–Kier alpha value is -1.07. The van der Waals surface area contributed by atoms with E-state index in [0.717, 1.165) is 0 Å². The molecule has 0 radical (unpaired) electrons. The maximum atomic E-state index is 12.5. The van der Waals surface area contributed by atoms with Crippen LogP contribution < -0.4 is 0 Å². The third kappa shape index (κ3) is 3.15. The van der Waals surface area contributed by atoms with Crippen molar-refractivity contribution in [1.29, 1.82) is 0 Å². The van der Waals surface area contributed by atoms with E-state index in [1.807, 2.05) is 0 Å². The Morgan fingerprint density at radius 2 is 2.00 bits per heavy atom. The topological polar surface area (TPSA) is 44.1 Å². The van der Waals surface area contributed by atoms with Crippen molar-refractivity contribution in [3.8, 4) is 0 Å². The first-order valence-corrected chi connectivity index (χ1v) is 6.88. The summed E-state index contributed by atoms with van der Waals surface area (Å²) in [5, 5.41) is 5.06. The fourth-order valence-electron chi connectivity index (χ4n) is 1.71. The van der Waals surface area contributed by atoms with Gasteiger partial charge in [0.2, 0.25) is 5.78 Å². The summed E-state index contributed by atoms with van der Waals surface area (Å²) in [5.41, 5.74) is 0.711. The monoisotopic (exact) mass is 332 g/mol. The van der Waals surface area contributed by atoms with Gasteiger partial charge in [-0.15, -0.1) is 0 Å². The van der Waals surface area contributed by atoms with E-state index in [4.69, 9.17) is 39.5 Å². The van der Waals surface area contributed by atoms with Crippen LogP contribution in [0.25, 0.3) is 0 Å². The van der Waals surface area contributed by atoms with Crippen LogP contribution in [-0.2, 0) is 11.3 Å². The van der Waals surface area contributed by atoms with Gasteiger partial charge in [0.15, 0.2) is 0 Å². The first-order chi connectivity index (χ1) is 9.54. The number of carbonyl (C=O) groups excluding carboxylic acids is 1. The average Bonchev–Trinajstić information content (AvgIpc) is 2.80. The van der Waals surface area contributed by atoms with Crippen LogP contribution in [0.15, 0.2) is 24.4 Å². The summed E-state index contributed by atoms with van der Waals surface area (Å²) >= 11 is 17.8. The molecule has 0 aliphatic carbocycles. The van der Waals surface area contributed by atoms with Crippen molar-refractivity contribution < 1.29 is 9.53 Å². The Balaban J connectivity index is 2.37. The Morgan fingerprint density at radius 3 is 2.65 bits per heavy atom. The molecule has 1 aromatic carbocycles. The molecule has 0 spiro atoms. The Labute approximate surface area is 131 Å². The molecule has 0 bridgehead atoms. The lowest BCUT2D eigenvalue weighted by Gasteiger charge is -2.07. The highest BCUT2D eigenvalue weighted by atomic mass is 35.5. The average molecular weight is 334 g/mol. The molecule has 0 fully saturated rings. The second kappa shape index (κ2) is 6.59. The zero-order valence-electron chi connectivity index (χ0n) is 10.6. The molecule has 2 aromatic rings. The van der Waals surface area contributed by atoms with E-state index in [1.165, 1.54) is 16.9 Å². The van der Waals surface area contributed by atoms with E-state index in [-0.39, 0.29) is 10.8 Å². The second-order valence-electron chi connectivity index (χ2n) is 4.02. The van der Waals surface area contributed by atoms with Gasteiger partial charge < -0.3 is 4.74 Å². The van der Waals surface area contributed by atoms with Gasteiger partial charge in [-0.25, -0.2) is 0 Å². The van der Waals surface area contributed by atoms with Gasteiger partial charge in [0.05, 0.1) is 34.4 Å². The number of ether oxygens (including phenoxy) is 1. The van der Waals surface area contributed by atoms with Crippen LogP contribution >= 0.6 is 34.8 Å². The molecule has 106 valence electrons. The number of hydrogen-bond donors (Lipinski definition) is 0. The summed E-state index contributed by atoms with van der Waals surface area (Å²) in [6.07, 6.45) is 1.43. The zero-order valence-corrected chi connectivity index (χ0v) is 12.8. The zero-order chi connectivity index (χ0) is 14.7. The highest BCUT2D eigenvalue weighted by molar-refractivity contribution is 6.42. The Morgan fingerprint density at radius 1 is 1.25 bits per heavy atom. The number of carbonyl (C=O) groups is 1. The Kier molecular flexibility index (Phi) is 5.05. The van der Waals surface area contributed by atoms with Crippen LogP contribution in [0, 0.1) is 0 Å². The van der Waals surface area contributed by atoms with Crippen LogP contribution in [0.1, 0.15) is 16.1 Å². The minimum Gasteiger partial charge on any atom is -0.383 e. The van der Waals surface area contributed by atoms with Gasteiger partial charge in [-0.2, -0.15) is 5.10 Å². The van der Waals surface area contributed by atoms with E-state index in [2.05, 4.69) is 5.10 Å². The van der Waals surface area contributed by atoms with Crippen LogP contribution in [-0.4, -0.2) is 29.3 Å². The van der Waals surface area contributed by atoms with E-state index in [9.17, 15) is 4.79 Å². The van der Waals surface area contributed by atoms with Crippen molar-refractivity contribution >= 4 is 40.6 Å². The van der Waals surface area contributed by atoms with Gasteiger partial charge in [0, 0.05) is 12.7 Å². The molecule has 0 atom stereocenters. The van der Waals surface area contributed by atoms with Gasteiger partial charge in [0.25, 0.3) is 0 Å². The van der Waals surface area contributed by atoms with E-state index >= 15 is 0 Å². The molecule has 1 aromatic heterocycles. The lowest BCUT2D eigenvalue weighted by atomic mass is 10.1. The number of ketones is 1. The number of methoxy groups -OCH3 is 1. The maximum absolute atomic E-state index is 12.5.